The predicted octanol–water partition coefficient (Wildman–Crippen LogP) is 3.36. The molecular formula is C22H23N3O3S3. The van der Waals surface area contributed by atoms with Gasteiger partial charge < -0.3 is 15.5 Å². The van der Waals surface area contributed by atoms with Crippen LogP contribution in [0.5, 0.6) is 0 Å². The van der Waals surface area contributed by atoms with E-state index >= 15 is 0 Å². The molecule has 2 aromatic heterocycles. The van der Waals surface area contributed by atoms with Gasteiger partial charge in [-0.05, 0) is 46.0 Å². The molecule has 1 aliphatic rings. The van der Waals surface area contributed by atoms with Crippen molar-refractivity contribution in [3.8, 4) is 0 Å². The molecule has 0 saturated carbocycles. The molecule has 0 bridgehead atoms. The molecular weight excluding hydrogens is 450 g/mol. The van der Waals surface area contributed by atoms with Crippen molar-refractivity contribution in [1.29, 1.82) is 0 Å². The highest BCUT2D eigenvalue weighted by molar-refractivity contribution is 7.85. The molecule has 9 heteroatoms. The maximum absolute atomic E-state index is 13.2. The van der Waals surface area contributed by atoms with E-state index < -0.39 is 16.8 Å². The normalized spacial score (nSPS) is 15.4. The Morgan fingerprint density at radius 1 is 1.06 bits per heavy atom. The van der Waals surface area contributed by atoms with E-state index in [0.717, 1.165) is 11.3 Å². The highest BCUT2D eigenvalue weighted by atomic mass is 32.2. The standard InChI is InChI=1S/C22H23N3O3S3/c26-21(23-17-4-1-2-5-19(17)25-8-12-31(28)13-9-25)18(14-16-7-11-29-15-16)24-22(27)20-6-3-10-30-20/h1-7,10-11,15,18H,8-9,12-14H2,(H,23,26)(H,24,27)/t18-/m1/s1. The Morgan fingerprint density at radius 2 is 1.87 bits per heavy atom. The first-order valence-electron chi connectivity index (χ1n) is 9.95. The minimum atomic E-state index is -0.774. The van der Waals surface area contributed by atoms with Gasteiger partial charge in [-0.2, -0.15) is 11.3 Å². The molecule has 1 atom stereocenters. The Kier molecular flexibility index (Phi) is 7.16. The second kappa shape index (κ2) is 10.2. The highest BCUT2D eigenvalue weighted by Crippen LogP contribution is 2.27. The molecule has 1 fully saturated rings. The van der Waals surface area contributed by atoms with Crippen molar-refractivity contribution in [1.82, 2.24) is 5.32 Å². The average Bonchev–Trinajstić information content (AvgIpc) is 3.49. The van der Waals surface area contributed by atoms with E-state index in [2.05, 4.69) is 15.5 Å². The summed E-state index contributed by atoms with van der Waals surface area (Å²) in [6, 6.07) is 12.4. The third-order valence-corrected chi connectivity index (χ3v) is 7.94. The van der Waals surface area contributed by atoms with Crippen LogP contribution in [0.4, 0.5) is 11.4 Å². The summed E-state index contributed by atoms with van der Waals surface area (Å²) < 4.78 is 11.7. The fourth-order valence-electron chi connectivity index (χ4n) is 3.44. The third kappa shape index (κ3) is 5.61. The Labute approximate surface area is 191 Å². The van der Waals surface area contributed by atoms with Crippen molar-refractivity contribution in [2.24, 2.45) is 0 Å². The molecule has 0 unspecified atom stereocenters. The van der Waals surface area contributed by atoms with Crippen molar-refractivity contribution < 1.29 is 13.8 Å². The topological polar surface area (TPSA) is 78.5 Å². The van der Waals surface area contributed by atoms with Gasteiger partial charge in [0.2, 0.25) is 5.91 Å². The lowest BCUT2D eigenvalue weighted by atomic mass is 10.1. The predicted molar refractivity (Wildman–Crippen MR) is 129 cm³/mol. The summed E-state index contributed by atoms with van der Waals surface area (Å²) in [5, 5.41) is 11.7. The number of anilines is 2. The number of para-hydroxylation sites is 2. The summed E-state index contributed by atoms with van der Waals surface area (Å²) in [5.41, 5.74) is 2.61. The van der Waals surface area contributed by atoms with Gasteiger partial charge in [-0.15, -0.1) is 11.3 Å². The van der Waals surface area contributed by atoms with Crippen LogP contribution < -0.4 is 15.5 Å². The van der Waals surface area contributed by atoms with E-state index in [9.17, 15) is 13.8 Å². The van der Waals surface area contributed by atoms with Gasteiger partial charge in [0, 0.05) is 41.8 Å². The van der Waals surface area contributed by atoms with E-state index in [-0.39, 0.29) is 11.8 Å². The second-order valence-corrected chi connectivity index (χ2v) is 10.6. The summed E-state index contributed by atoms with van der Waals surface area (Å²) in [6.07, 6.45) is 0.414. The molecule has 6 nitrogen and oxygen atoms in total. The average molecular weight is 474 g/mol. The lowest BCUT2D eigenvalue weighted by Gasteiger charge is -2.30. The van der Waals surface area contributed by atoms with Crippen molar-refractivity contribution in [3.05, 3.63) is 69.0 Å². The van der Waals surface area contributed by atoms with Gasteiger partial charge in [0.15, 0.2) is 0 Å². The van der Waals surface area contributed by atoms with E-state index in [1.54, 1.807) is 17.4 Å². The molecule has 0 spiro atoms. The van der Waals surface area contributed by atoms with Crippen molar-refractivity contribution in [2.45, 2.75) is 12.5 Å². The molecule has 0 radical (unpaired) electrons. The number of carbonyl (C=O) groups excluding carboxylic acids is 2. The molecule has 4 rings (SSSR count). The summed E-state index contributed by atoms with van der Waals surface area (Å²) in [4.78, 5) is 28.6. The van der Waals surface area contributed by atoms with Crippen LogP contribution in [0.2, 0.25) is 0 Å². The van der Waals surface area contributed by atoms with Gasteiger partial charge in [-0.1, -0.05) is 18.2 Å². The maximum atomic E-state index is 13.2. The van der Waals surface area contributed by atoms with Gasteiger partial charge in [0.1, 0.15) is 6.04 Å². The first kappa shape index (κ1) is 21.7. The van der Waals surface area contributed by atoms with Crippen LogP contribution in [0.3, 0.4) is 0 Å². The van der Waals surface area contributed by atoms with E-state index in [4.69, 9.17) is 0 Å². The molecule has 0 aliphatic carbocycles. The van der Waals surface area contributed by atoms with Crippen LogP contribution in [-0.2, 0) is 22.0 Å². The second-order valence-electron chi connectivity index (χ2n) is 7.18. The minimum Gasteiger partial charge on any atom is -0.368 e. The number of rotatable bonds is 7. The third-order valence-electron chi connectivity index (χ3n) is 5.07. The van der Waals surface area contributed by atoms with Crippen LogP contribution in [0.25, 0.3) is 0 Å². The molecule has 2 N–H and O–H groups in total. The molecule has 1 aromatic carbocycles. The monoisotopic (exact) mass is 473 g/mol. The Balaban J connectivity index is 1.52. The molecule has 162 valence electrons. The number of carbonyl (C=O) groups is 2. The van der Waals surface area contributed by atoms with E-state index in [1.807, 2.05) is 52.5 Å². The van der Waals surface area contributed by atoms with Crippen LogP contribution in [0.1, 0.15) is 15.2 Å². The molecule has 2 amide bonds. The zero-order valence-electron chi connectivity index (χ0n) is 16.8. The van der Waals surface area contributed by atoms with Crippen molar-refractivity contribution in [2.75, 3.05) is 34.8 Å². The van der Waals surface area contributed by atoms with Crippen LogP contribution in [0, 0.1) is 0 Å². The number of amides is 2. The maximum Gasteiger partial charge on any atom is 0.262 e. The van der Waals surface area contributed by atoms with E-state index in [0.29, 0.717) is 41.6 Å². The lowest BCUT2D eigenvalue weighted by molar-refractivity contribution is -0.118. The fourth-order valence-corrected chi connectivity index (χ4v) is 5.81. The summed E-state index contributed by atoms with van der Waals surface area (Å²) in [6.45, 7) is 1.37. The summed E-state index contributed by atoms with van der Waals surface area (Å²) >= 11 is 2.91. The number of thiophene rings is 2. The van der Waals surface area contributed by atoms with Crippen molar-refractivity contribution in [3.63, 3.8) is 0 Å². The zero-order valence-corrected chi connectivity index (χ0v) is 19.2. The molecule has 3 heterocycles. The van der Waals surface area contributed by atoms with Gasteiger partial charge in [-0.3, -0.25) is 13.8 Å². The van der Waals surface area contributed by atoms with Gasteiger partial charge in [-0.25, -0.2) is 0 Å². The van der Waals surface area contributed by atoms with Gasteiger partial charge >= 0.3 is 0 Å². The van der Waals surface area contributed by atoms with Crippen molar-refractivity contribution >= 4 is 56.7 Å². The number of hydrogen-bond donors (Lipinski definition) is 2. The first-order valence-corrected chi connectivity index (χ1v) is 13.3. The molecule has 3 aromatic rings. The van der Waals surface area contributed by atoms with Gasteiger partial charge in [0.25, 0.3) is 5.91 Å². The first-order chi connectivity index (χ1) is 15.1. The molecule has 1 aliphatic heterocycles. The minimum absolute atomic E-state index is 0.253. The quantitative estimate of drug-likeness (QED) is 0.552. The number of nitrogens with zero attached hydrogens (tertiary/aromatic N) is 1. The Hall–Kier alpha value is -2.49. The summed E-state index contributed by atoms with van der Waals surface area (Å²) in [7, 11) is -0.774. The number of benzene rings is 1. The number of nitrogens with one attached hydrogen (secondary N) is 2. The largest absolute Gasteiger partial charge is 0.368 e. The van der Waals surface area contributed by atoms with Crippen LogP contribution in [0.15, 0.2) is 58.6 Å². The van der Waals surface area contributed by atoms with Gasteiger partial charge in [0.05, 0.1) is 16.3 Å². The highest BCUT2D eigenvalue weighted by Gasteiger charge is 2.25. The molecule has 1 saturated heterocycles. The number of hydrogen-bond acceptors (Lipinski definition) is 6. The van der Waals surface area contributed by atoms with Crippen LogP contribution in [-0.4, -0.2) is 46.7 Å². The Morgan fingerprint density at radius 3 is 2.58 bits per heavy atom. The lowest BCUT2D eigenvalue weighted by Crippen LogP contribution is -2.45. The molecule has 31 heavy (non-hydrogen) atoms. The van der Waals surface area contributed by atoms with E-state index in [1.165, 1.54) is 11.3 Å². The fraction of sp³-hybridized carbons (Fsp3) is 0.273. The SMILES string of the molecule is O=C(N[C@H](Cc1ccsc1)C(=O)Nc1ccccc1N1CCS(=O)CC1)c1cccs1. The zero-order chi connectivity index (χ0) is 21.6. The smallest absolute Gasteiger partial charge is 0.262 e. The summed E-state index contributed by atoms with van der Waals surface area (Å²) in [5.74, 6) is 0.737. The Bertz CT molecular complexity index is 1040. The van der Waals surface area contributed by atoms with Crippen LogP contribution >= 0.6 is 22.7 Å².